The number of rotatable bonds is 9. The van der Waals surface area contributed by atoms with Crippen molar-refractivity contribution in [2.75, 3.05) is 0 Å². The number of carbonyl (C=O) groups is 1. The highest BCUT2D eigenvalue weighted by Crippen LogP contribution is 2.66. The molecule has 0 aromatic heterocycles. The molecule has 1 aromatic carbocycles. The lowest BCUT2D eigenvalue weighted by Crippen LogP contribution is -2.50. The van der Waals surface area contributed by atoms with Gasteiger partial charge in [-0.25, -0.2) is 4.79 Å². The first-order valence-electron chi connectivity index (χ1n) is 15.5. The number of allylic oxidation sites excluding steroid dienone is 1. The van der Waals surface area contributed by atoms with Gasteiger partial charge in [0.05, 0.1) is 5.56 Å². The van der Waals surface area contributed by atoms with Gasteiger partial charge in [0.25, 0.3) is 0 Å². The molecular formula is C34H49ClO2. The molecule has 0 radical (unpaired) electrons. The van der Waals surface area contributed by atoms with Crippen molar-refractivity contribution in [1.82, 2.24) is 0 Å². The molecule has 3 saturated carbocycles. The highest BCUT2D eigenvalue weighted by atomic mass is 35.5. The second-order valence-corrected chi connectivity index (χ2v) is 13.8. The minimum absolute atomic E-state index is 0.00102. The predicted molar refractivity (Wildman–Crippen MR) is 154 cm³/mol. The Morgan fingerprint density at radius 1 is 0.946 bits per heavy atom. The lowest BCUT2D eigenvalue weighted by molar-refractivity contribution is -0.0536. The number of hydrogen-bond acceptors (Lipinski definition) is 2. The van der Waals surface area contributed by atoms with Gasteiger partial charge in [0.1, 0.15) is 6.10 Å². The third-order valence-electron chi connectivity index (χ3n) is 11.5. The topological polar surface area (TPSA) is 26.3 Å². The molecule has 37 heavy (non-hydrogen) atoms. The van der Waals surface area contributed by atoms with Crippen LogP contribution in [0, 0.1) is 34.5 Å². The molecule has 7 atom stereocenters. The van der Waals surface area contributed by atoms with Crippen molar-refractivity contribution in [1.29, 1.82) is 0 Å². The van der Waals surface area contributed by atoms with Crippen molar-refractivity contribution in [3.8, 4) is 0 Å². The summed E-state index contributed by atoms with van der Waals surface area (Å²) in [5.41, 5.74) is 3.04. The molecule has 0 N–H and O–H groups in total. The molecule has 3 fully saturated rings. The molecule has 0 saturated heterocycles. The molecule has 5 rings (SSSR count). The fourth-order valence-corrected chi connectivity index (χ4v) is 9.41. The van der Waals surface area contributed by atoms with E-state index in [1.54, 1.807) is 29.8 Å². The molecule has 2 nitrogen and oxygen atoms in total. The van der Waals surface area contributed by atoms with Crippen LogP contribution in [0.4, 0.5) is 0 Å². The summed E-state index contributed by atoms with van der Waals surface area (Å²) in [5.74, 6) is 3.31. The van der Waals surface area contributed by atoms with Crippen LogP contribution in [-0.4, -0.2) is 12.1 Å². The van der Waals surface area contributed by atoms with E-state index < -0.39 is 0 Å². The highest BCUT2D eigenvalue weighted by Gasteiger charge is 2.58. The second kappa shape index (κ2) is 11.4. The third kappa shape index (κ3) is 5.43. The van der Waals surface area contributed by atoms with Gasteiger partial charge in [-0.3, -0.25) is 0 Å². The average molecular weight is 525 g/mol. The van der Waals surface area contributed by atoms with Crippen LogP contribution in [0.2, 0.25) is 5.02 Å². The van der Waals surface area contributed by atoms with Gasteiger partial charge < -0.3 is 4.74 Å². The second-order valence-electron chi connectivity index (χ2n) is 13.4. The molecule has 4 aliphatic carbocycles. The molecule has 0 aliphatic heterocycles. The van der Waals surface area contributed by atoms with Gasteiger partial charge in [-0.05, 0) is 110 Å². The Kier molecular flexibility index (Phi) is 8.45. The molecule has 1 aromatic rings. The zero-order valence-electron chi connectivity index (χ0n) is 23.6. The predicted octanol–water partition coefficient (Wildman–Crippen LogP) is 10.2. The molecule has 0 spiro atoms. The first kappa shape index (κ1) is 27.3. The minimum Gasteiger partial charge on any atom is -0.458 e. The largest absolute Gasteiger partial charge is 0.458 e. The fraction of sp³-hybridized carbons (Fsp3) is 0.735. The SMILES string of the molecule is CCCCCCCC[C@H]1CC[C@@H]2[C@H]3CC=C4C[C@@H](OC(=O)c5ccc(Cl)cc5)CC[C@]4(C)[C@H]3CC[C@]12C. The van der Waals surface area contributed by atoms with E-state index in [-0.39, 0.29) is 12.1 Å². The normalized spacial score (nSPS) is 36.8. The van der Waals surface area contributed by atoms with Crippen LogP contribution in [0.1, 0.15) is 127 Å². The molecule has 0 unspecified atom stereocenters. The summed E-state index contributed by atoms with van der Waals surface area (Å²) < 4.78 is 5.99. The molecule has 3 heteroatoms. The van der Waals surface area contributed by atoms with E-state index in [2.05, 4.69) is 26.8 Å². The van der Waals surface area contributed by atoms with Crippen molar-refractivity contribution in [3.05, 3.63) is 46.5 Å². The van der Waals surface area contributed by atoms with Gasteiger partial charge in [-0.1, -0.05) is 82.5 Å². The Bertz CT molecular complexity index is 967. The van der Waals surface area contributed by atoms with Gasteiger partial charge in [-0.2, -0.15) is 0 Å². The molecular weight excluding hydrogens is 476 g/mol. The third-order valence-corrected chi connectivity index (χ3v) is 11.8. The first-order chi connectivity index (χ1) is 17.8. The number of carbonyl (C=O) groups excluding carboxylic acids is 1. The van der Waals surface area contributed by atoms with Crippen LogP contribution in [-0.2, 0) is 4.74 Å². The number of esters is 1. The monoisotopic (exact) mass is 524 g/mol. The first-order valence-corrected chi connectivity index (χ1v) is 15.9. The number of hydrogen-bond donors (Lipinski definition) is 0. The Morgan fingerprint density at radius 3 is 2.49 bits per heavy atom. The molecule has 4 aliphatic rings. The van der Waals surface area contributed by atoms with E-state index in [0.717, 1.165) is 42.9 Å². The Labute approximate surface area is 231 Å². The molecule has 0 heterocycles. The lowest BCUT2D eigenvalue weighted by Gasteiger charge is -2.58. The van der Waals surface area contributed by atoms with Crippen LogP contribution in [0.3, 0.4) is 0 Å². The summed E-state index contributed by atoms with van der Waals surface area (Å²) in [5, 5.41) is 0.645. The van der Waals surface area contributed by atoms with E-state index >= 15 is 0 Å². The summed E-state index contributed by atoms with van der Waals surface area (Å²) in [6, 6.07) is 7.06. The Morgan fingerprint density at radius 2 is 1.70 bits per heavy atom. The van der Waals surface area contributed by atoms with Gasteiger partial charge in [-0.15, -0.1) is 0 Å². The molecule has 0 bridgehead atoms. The summed E-state index contributed by atoms with van der Waals surface area (Å²) in [7, 11) is 0. The van der Waals surface area contributed by atoms with Crippen LogP contribution in [0.5, 0.6) is 0 Å². The summed E-state index contributed by atoms with van der Waals surface area (Å²) in [6.07, 6.45) is 22.6. The van der Waals surface area contributed by atoms with E-state index in [9.17, 15) is 4.79 Å². The van der Waals surface area contributed by atoms with Crippen LogP contribution < -0.4 is 0 Å². The Hall–Kier alpha value is -1.28. The standard InChI is InChI=1S/C34H49ClO2/c1-4-5-6-7-8-9-10-25-14-18-30-29-17-13-26-23-28(37-32(36)24-11-15-27(35)16-12-24)19-21-34(26,3)31(29)20-22-33(25,30)2/h11-13,15-16,25,28-31H,4-10,14,17-23H2,1-3H3/t25-,28-,29+,30+,31-,33+,34-/m0/s1. The summed E-state index contributed by atoms with van der Waals surface area (Å²) >= 11 is 5.99. The number of unbranched alkanes of at least 4 members (excludes halogenated alkanes) is 5. The van der Waals surface area contributed by atoms with Crippen molar-refractivity contribution in [2.24, 2.45) is 34.5 Å². The van der Waals surface area contributed by atoms with Crippen molar-refractivity contribution in [2.45, 2.75) is 123 Å². The van der Waals surface area contributed by atoms with Gasteiger partial charge in [0.2, 0.25) is 0 Å². The maximum Gasteiger partial charge on any atom is 0.338 e. The zero-order valence-corrected chi connectivity index (χ0v) is 24.3. The highest BCUT2D eigenvalue weighted by molar-refractivity contribution is 6.30. The number of benzene rings is 1. The number of ether oxygens (including phenoxy) is 1. The van der Waals surface area contributed by atoms with Crippen LogP contribution in [0.15, 0.2) is 35.9 Å². The maximum atomic E-state index is 12.7. The summed E-state index contributed by atoms with van der Waals surface area (Å²) in [6.45, 7) is 7.54. The van der Waals surface area contributed by atoms with E-state index in [1.807, 2.05) is 0 Å². The van der Waals surface area contributed by atoms with Crippen molar-refractivity contribution >= 4 is 17.6 Å². The Balaban J connectivity index is 1.20. The van der Waals surface area contributed by atoms with E-state index in [4.69, 9.17) is 16.3 Å². The van der Waals surface area contributed by atoms with Gasteiger partial charge in [0, 0.05) is 11.4 Å². The number of fused-ring (bicyclic) bond motifs is 5. The number of halogens is 1. The average Bonchev–Trinajstić information content (AvgIpc) is 3.23. The molecule has 0 amide bonds. The quantitative estimate of drug-likeness (QED) is 0.182. The summed E-state index contributed by atoms with van der Waals surface area (Å²) in [4.78, 5) is 12.7. The van der Waals surface area contributed by atoms with Crippen molar-refractivity contribution in [3.63, 3.8) is 0 Å². The van der Waals surface area contributed by atoms with Crippen molar-refractivity contribution < 1.29 is 9.53 Å². The minimum atomic E-state index is -0.213. The fourth-order valence-electron chi connectivity index (χ4n) is 9.29. The zero-order chi connectivity index (χ0) is 26.0. The van der Waals surface area contributed by atoms with Gasteiger partial charge >= 0.3 is 5.97 Å². The van der Waals surface area contributed by atoms with E-state index in [1.165, 1.54) is 77.0 Å². The van der Waals surface area contributed by atoms with Crippen LogP contribution >= 0.6 is 11.6 Å². The van der Waals surface area contributed by atoms with E-state index in [0.29, 0.717) is 21.4 Å². The van der Waals surface area contributed by atoms with Gasteiger partial charge in [0.15, 0.2) is 0 Å². The smallest absolute Gasteiger partial charge is 0.338 e. The molecule has 204 valence electrons. The maximum absolute atomic E-state index is 12.7. The van der Waals surface area contributed by atoms with Crippen LogP contribution in [0.25, 0.3) is 0 Å². The lowest BCUT2D eigenvalue weighted by atomic mass is 9.47.